The first-order valence-electron chi connectivity index (χ1n) is 7.56. The van der Waals surface area contributed by atoms with E-state index in [-0.39, 0.29) is 5.91 Å². The van der Waals surface area contributed by atoms with Gasteiger partial charge in [0.15, 0.2) is 0 Å². The Hall–Kier alpha value is -0.910. The molecule has 0 aliphatic heterocycles. The monoisotopic (exact) mass is 355 g/mol. The molecule has 4 nitrogen and oxygen atoms in total. The fraction of sp³-hybridized carbons (Fsp3) is 0.562. The Kier molecular flexibility index (Phi) is 7.93. The largest absolute Gasteiger partial charge is 0.296 e. The highest BCUT2D eigenvalue weighted by molar-refractivity contribution is 9.10. The minimum absolute atomic E-state index is 0.271. The van der Waals surface area contributed by atoms with E-state index in [4.69, 9.17) is 5.84 Å². The van der Waals surface area contributed by atoms with Gasteiger partial charge >= 0.3 is 0 Å². The van der Waals surface area contributed by atoms with Gasteiger partial charge in [0.1, 0.15) is 0 Å². The Labute approximate surface area is 136 Å². The van der Waals surface area contributed by atoms with Crippen molar-refractivity contribution in [2.45, 2.75) is 52.6 Å². The van der Waals surface area contributed by atoms with Gasteiger partial charge in [-0.3, -0.25) is 15.1 Å². The van der Waals surface area contributed by atoms with E-state index < -0.39 is 0 Å². The van der Waals surface area contributed by atoms with Crippen LogP contribution in [0.15, 0.2) is 22.7 Å². The maximum atomic E-state index is 11.5. The second-order valence-corrected chi connectivity index (χ2v) is 6.22. The van der Waals surface area contributed by atoms with Crippen molar-refractivity contribution in [1.29, 1.82) is 0 Å². The summed E-state index contributed by atoms with van der Waals surface area (Å²) in [5, 5.41) is 0. The van der Waals surface area contributed by atoms with Gasteiger partial charge in [0.05, 0.1) is 0 Å². The first-order chi connectivity index (χ1) is 10.0. The molecule has 0 aliphatic carbocycles. The maximum absolute atomic E-state index is 11.5. The number of nitrogens with two attached hydrogens (primary N) is 1. The van der Waals surface area contributed by atoms with Gasteiger partial charge in [-0.15, -0.1) is 0 Å². The average Bonchev–Trinajstić information content (AvgIpc) is 2.51. The molecule has 0 saturated carbocycles. The number of nitrogen functional groups attached to an aromatic ring is 1. The minimum atomic E-state index is -0.271. The third kappa shape index (κ3) is 5.41. The number of halogens is 1. The molecule has 118 valence electrons. The second-order valence-electron chi connectivity index (χ2n) is 5.36. The molecule has 5 heteroatoms. The van der Waals surface area contributed by atoms with Crippen molar-refractivity contribution in [2.24, 2.45) is 5.84 Å². The molecule has 0 aromatic heterocycles. The Balaban J connectivity index is 2.85. The summed E-state index contributed by atoms with van der Waals surface area (Å²) in [5.41, 5.74) is 3.91. The standard InChI is InChI=1S/C16H26BrN3O/c1-4-6-9-20(12(3)5-2)11-14-8-7-13(10-15(14)17)16(21)19-18/h7-8,10,12H,4-6,9,11,18H2,1-3H3,(H,19,21). The van der Waals surface area contributed by atoms with Crippen LogP contribution in [-0.4, -0.2) is 23.4 Å². The van der Waals surface area contributed by atoms with Gasteiger partial charge in [0.25, 0.3) is 5.91 Å². The Bertz CT molecular complexity index is 465. The normalized spacial score (nSPS) is 12.5. The van der Waals surface area contributed by atoms with Gasteiger partial charge in [-0.2, -0.15) is 0 Å². The molecule has 1 rings (SSSR count). The number of hydrazine groups is 1. The average molecular weight is 356 g/mol. The van der Waals surface area contributed by atoms with Gasteiger partial charge in [0, 0.05) is 22.6 Å². The Morgan fingerprint density at radius 3 is 2.67 bits per heavy atom. The van der Waals surface area contributed by atoms with E-state index in [1.54, 1.807) is 0 Å². The van der Waals surface area contributed by atoms with Crippen molar-refractivity contribution in [3.05, 3.63) is 33.8 Å². The van der Waals surface area contributed by atoms with Crippen molar-refractivity contribution >= 4 is 21.8 Å². The van der Waals surface area contributed by atoms with Crippen LogP contribution in [0.1, 0.15) is 56.0 Å². The molecule has 0 bridgehead atoms. The van der Waals surface area contributed by atoms with Crippen LogP contribution in [0.4, 0.5) is 0 Å². The summed E-state index contributed by atoms with van der Waals surface area (Å²) in [6.45, 7) is 8.68. The zero-order valence-electron chi connectivity index (χ0n) is 13.2. The minimum Gasteiger partial charge on any atom is -0.296 e. The van der Waals surface area contributed by atoms with Crippen LogP contribution in [0.3, 0.4) is 0 Å². The van der Waals surface area contributed by atoms with Crippen LogP contribution in [-0.2, 0) is 6.54 Å². The highest BCUT2D eigenvalue weighted by Gasteiger charge is 2.14. The van der Waals surface area contributed by atoms with Crippen LogP contribution in [0.2, 0.25) is 0 Å². The predicted octanol–water partition coefficient (Wildman–Crippen LogP) is 3.45. The molecular formula is C16H26BrN3O. The number of unbranched alkanes of at least 4 members (excludes halogenated alkanes) is 1. The third-order valence-corrected chi connectivity index (χ3v) is 4.57. The maximum Gasteiger partial charge on any atom is 0.265 e. The first kappa shape index (κ1) is 18.1. The van der Waals surface area contributed by atoms with E-state index in [1.165, 1.54) is 18.4 Å². The lowest BCUT2D eigenvalue weighted by Crippen LogP contribution is -2.33. The van der Waals surface area contributed by atoms with Gasteiger partial charge in [0.2, 0.25) is 0 Å². The summed E-state index contributed by atoms with van der Waals surface area (Å²) in [7, 11) is 0. The van der Waals surface area contributed by atoms with Crippen LogP contribution in [0.5, 0.6) is 0 Å². The van der Waals surface area contributed by atoms with Gasteiger partial charge in [-0.25, -0.2) is 5.84 Å². The molecule has 0 aliphatic rings. The first-order valence-corrected chi connectivity index (χ1v) is 8.36. The van der Waals surface area contributed by atoms with Crippen molar-refractivity contribution < 1.29 is 4.79 Å². The summed E-state index contributed by atoms with van der Waals surface area (Å²) in [4.78, 5) is 14.0. The summed E-state index contributed by atoms with van der Waals surface area (Å²) in [5.74, 6) is 4.89. The van der Waals surface area contributed by atoms with E-state index in [0.29, 0.717) is 11.6 Å². The van der Waals surface area contributed by atoms with Crippen LogP contribution in [0, 0.1) is 0 Å². The number of carbonyl (C=O) groups excluding carboxylic acids is 1. The molecule has 0 radical (unpaired) electrons. The van der Waals surface area contributed by atoms with E-state index in [9.17, 15) is 4.79 Å². The highest BCUT2D eigenvalue weighted by atomic mass is 79.9. The zero-order valence-corrected chi connectivity index (χ0v) is 14.7. The number of nitrogens with zero attached hydrogens (tertiary/aromatic N) is 1. The van der Waals surface area contributed by atoms with Crippen LogP contribution < -0.4 is 11.3 Å². The van der Waals surface area contributed by atoms with E-state index in [1.807, 2.05) is 18.2 Å². The molecule has 1 aromatic carbocycles. The molecule has 1 amide bonds. The Morgan fingerprint density at radius 1 is 1.43 bits per heavy atom. The fourth-order valence-electron chi connectivity index (χ4n) is 2.19. The van der Waals surface area contributed by atoms with E-state index in [2.05, 4.69) is 47.0 Å². The molecule has 21 heavy (non-hydrogen) atoms. The van der Waals surface area contributed by atoms with Crippen LogP contribution in [0.25, 0.3) is 0 Å². The number of hydrogen-bond acceptors (Lipinski definition) is 3. The number of nitrogens with one attached hydrogen (secondary N) is 1. The van der Waals surface area contributed by atoms with Gasteiger partial charge < -0.3 is 0 Å². The molecule has 1 unspecified atom stereocenters. The summed E-state index contributed by atoms with van der Waals surface area (Å²) < 4.78 is 0.952. The Morgan fingerprint density at radius 2 is 2.14 bits per heavy atom. The lowest BCUT2D eigenvalue weighted by atomic mass is 10.1. The summed E-state index contributed by atoms with van der Waals surface area (Å²) in [6.07, 6.45) is 3.54. The molecular weight excluding hydrogens is 330 g/mol. The third-order valence-electron chi connectivity index (χ3n) is 3.83. The summed E-state index contributed by atoms with van der Waals surface area (Å²) >= 11 is 3.56. The van der Waals surface area contributed by atoms with Crippen molar-refractivity contribution in [3.63, 3.8) is 0 Å². The van der Waals surface area contributed by atoms with Crippen LogP contribution >= 0.6 is 15.9 Å². The van der Waals surface area contributed by atoms with Crippen molar-refractivity contribution in [3.8, 4) is 0 Å². The lowest BCUT2D eigenvalue weighted by Gasteiger charge is -2.28. The van der Waals surface area contributed by atoms with E-state index in [0.717, 1.165) is 24.0 Å². The number of amides is 1. The lowest BCUT2D eigenvalue weighted by molar-refractivity contribution is 0.0953. The second kappa shape index (κ2) is 9.18. The van der Waals surface area contributed by atoms with Crippen molar-refractivity contribution in [2.75, 3.05) is 6.54 Å². The SMILES string of the molecule is CCCCN(Cc1ccc(C(=O)NN)cc1Br)C(C)CC. The predicted molar refractivity (Wildman–Crippen MR) is 90.9 cm³/mol. The molecule has 0 fully saturated rings. The van der Waals surface area contributed by atoms with Gasteiger partial charge in [-0.05, 0) is 44.0 Å². The highest BCUT2D eigenvalue weighted by Crippen LogP contribution is 2.22. The topological polar surface area (TPSA) is 58.4 Å². The molecule has 1 aromatic rings. The number of benzene rings is 1. The smallest absolute Gasteiger partial charge is 0.265 e. The molecule has 0 heterocycles. The zero-order chi connectivity index (χ0) is 15.8. The van der Waals surface area contributed by atoms with Gasteiger partial charge in [-0.1, -0.05) is 42.3 Å². The molecule has 3 N–H and O–H groups in total. The number of rotatable bonds is 8. The number of hydrogen-bond donors (Lipinski definition) is 2. The fourth-order valence-corrected chi connectivity index (χ4v) is 2.70. The number of carbonyl (C=O) groups is 1. The molecule has 0 spiro atoms. The van der Waals surface area contributed by atoms with Crippen molar-refractivity contribution in [1.82, 2.24) is 10.3 Å². The molecule has 0 saturated heterocycles. The summed E-state index contributed by atoms with van der Waals surface area (Å²) in [6, 6.07) is 6.19. The van der Waals surface area contributed by atoms with E-state index >= 15 is 0 Å². The quantitative estimate of drug-likeness (QED) is 0.426. The molecule has 1 atom stereocenters.